The lowest BCUT2D eigenvalue weighted by Crippen LogP contribution is -2.29. The van der Waals surface area contributed by atoms with E-state index in [1.165, 1.54) is 6.42 Å². The van der Waals surface area contributed by atoms with E-state index >= 15 is 0 Å². The highest BCUT2D eigenvalue weighted by molar-refractivity contribution is 5.85. The maximum atomic E-state index is 5.85. The first-order valence-electron chi connectivity index (χ1n) is 4.94. The molecule has 3 N–H and O–H groups in total. The second-order valence-electron chi connectivity index (χ2n) is 4.33. The summed E-state index contributed by atoms with van der Waals surface area (Å²) in [6.07, 6.45) is 2.24. The number of hydrogen-bond acceptors (Lipinski definition) is 5. The van der Waals surface area contributed by atoms with Crippen LogP contribution in [0.2, 0.25) is 0 Å². The lowest BCUT2D eigenvalue weighted by atomic mass is 10.1. The van der Waals surface area contributed by atoms with Gasteiger partial charge in [0.05, 0.1) is 11.6 Å². The first kappa shape index (κ1) is 12.4. The van der Waals surface area contributed by atoms with Crippen molar-refractivity contribution in [3.05, 3.63) is 11.7 Å². The third-order valence-corrected chi connectivity index (χ3v) is 2.36. The Morgan fingerprint density at radius 3 is 2.73 bits per heavy atom. The fraction of sp³-hybridized carbons (Fsp3) is 0.778. The Kier molecular flexibility index (Phi) is 3.70. The second-order valence-corrected chi connectivity index (χ2v) is 4.33. The summed E-state index contributed by atoms with van der Waals surface area (Å²) >= 11 is 0. The number of nitrogens with zero attached hydrogens (tertiary/aromatic N) is 2. The minimum absolute atomic E-state index is 0. The van der Waals surface area contributed by atoms with Crippen LogP contribution < -0.4 is 11.1 Å². The van der Waals surface area contributed by atoms with Crippen LogP contribution in [0, 0.1) is 0 Å². The Labute approximate surface area is 95.2 Å². The minimum atomic E-state index is -0.552. The van der Waals surface area contributed by atoms with Crippen LogP contribution in [0.25, 0.3) is 0 Å². The highest BCUT2D eigenvalue weighted by Crippen LogP contribution is 2.22. The van der Waals surface area contributed by atoms with Gasteiger partial charge in [0, 0.05) is 0 Å². The largest absolute Gasteiger partial charge is 0.337 e. The molecular weight excluding hydrogens is 216 g/mol. The lowest BCUT2D eigenvalue weighted by Gasteiger charge is -2.11. The highest BCUT2D eigenvalue weighted by Gasteiger charge is 2.26. The van der Waals surface area contributed by atoms with Crippen molar-refractivity contribution in [2.24, 2.45) is 5.73 Å². The first-order chi connectivity index (χ1) is 6.57. The van der Waals surface area contributed by atoms with Crippen LogP contribution in [-0.2, 0) is 5.54 Å². The zero-order chi connectivity index (χ0) is 10.2. The monoisotopic (exact) mass is 232 g/mol. The molecule has 1 saturated heterocycles. The SMILES string of the molecule is CC(C)(N)c1nc(C2CCCN2)no1.Cl. The molecule has 1 unspecified atom stereocenters. The number of nitrogens with two attached hydrogens (primary N) is 1. The van der Waals surface area contributed by atoms with Crippen molar-refractivity contribution in [1.29, 1.82) is 0 Å². The van der Waals surface area contributed by atoms with Gasteiger partial charge in [0.15, 0.2) is 5.82 Å². The summed E-state index contributed by atoms with van der Waals surface area (Å²) < 4.78 is 5.12. The molecule has 1 atom stereocenters. The molecule has 1 fully saturated rings. The van der Waals surface area contributed by atoms with E-state index in [9.17, 15) is 0 Å². The number of halogens is 1. The van der Waals surface area contributed by atoms with Gasteiger partial charge in [-0.05, 0) is 33.2 Å². The molecule has 86 valence electrons. The van der Waals surface area contributed by atoms with Crippen LogP contribution in [0.4, 0.5) is 0 Å². The average molecular weight is 233 g/mol. The molecule has 5 nitrogen and oxygen atoms in total. The molecule has 0 bridgehead atoms. The molecule has 1 aliphatic heterocycles. The van der Waals surface area contributed by atoms with Crippen molar-refractivity contribution in [1.82, 2.24) is 15.5 Å². The Hall–Kier alpha value is -0.650. The maximum absolute atomic E-state index is 5.85. The van der Waals surface area contributed by atoms with Gasteiger partial charge >= 0.3 is 0 Å². The van der Waals surface area contributed by atoms with Crippen molar-refractivity contribution >= 4 is 12.4 Å². The Balaban J connectivity index is 0.00000112. The van der Waals surface area contributed by atoms with Crippen molar-refractivity contribution in [3.8, 4) is 0 Å². The van der Waals surface area contributed by atoms with Gasteiger partial charge in [-0.2, -0.15) is 4.98 Å². The quantitative estimate of drug-likeness (QED) is 0.799. The second kappa shape index (κ2) is 4.47. The number of hydrogen-bond donors (Lipinski definition) is 2. The van der Waals surface area contributed by atoms with Crippen molar-refractivity contribution < 1.29 is 4.52 Å². The predicted molar refractivity (Wildman–Crippen MR) is 58.7 cm³/mol. The van der Waals surface area contributed by atoms with Crippen molar-refractivity contribution in [2.45, 2.75) is 38.3 Å². The van der Waals surface area contributed by atoms with Crippen LogP contribution in [-0.4, -0.2) is 16.7 Å². The van der Waals surface area contributed by atoms with E-state index in [-0.39, 0.29) is 18.4 Å². The lowest BCUT2D eigenvalue weighted by molar-refractivity contribution is 0.308. The summed E-state index contributed by atoms with van der Waals surface area (Å²) in [6, 6.07) is 0.245. The molecule has 0 radical (unpaired) electrons. The molecule has 2 heterocycles. The Morgan fingerprint density at radius 2 is 2.27 bits per heavy atom. The molecule has 1 aliphatic rings. The van der Waals surface area contributed by atoms with Gasteiger partial charge in [0.2, 0.25) is 5.89 Å². The third-order valence-electron chi connectivity index (χ3n) is 2.36. The highest BCUT2D eigenvalue weighted by atomic mass is 35.5. The summed E-state index contributed by atoms with van der Waals surface area (Å²) in [7, 11) is 0. The van der Waals surface area contributed by atoms with Gasteiger partial charge in [-0.1, -0.05) is 5.16 Å². The zero-order valence-electron chi connectivity index (χ0n) is 8.99. The molecule has 0 amide bonds. The van der Waals surface area contributed by atoms with Gasteiger partial charge < -0.3 is 15.6 Å². The van der Waals surface area contributed by atoms with Crippen molar-refractivity contribution in [3.63, 3.8) is 0 Å². The van der Waals surface area contributed by atoms with E-state index in [4.69, 9.17) is 10.3 Å². The van der Waals surface area contributed by atoms with Gasteiger partial charge in [0.25, 0.3) is 0 Å². The van der Waals surface area contributed by atoms with Crippen LogP contribution in [0.1, 0.15) is 44.4 Å². The normalized spacial score (nSPS) is 21.4. The van der Waals surface area contributed by atoms with Crippen LogP contribution in [0.5, 0.6) is 0 Å². The van der Waals surface area contributed by atoms with E-state index in [0.29, 0.717) is 5.89 Å². The average Bonchev–Trinajstić information content (AvgIpc) is 2.73. The van der Waals surface area contributed by atoms with Gasteiger partial charge in [-0.25, -0.2) is 0 Å². The van der Waals surface area contributed by atoms with E-state index in [0.717, 1.165) is 18.8 Å². The Morgan fingerprint density at radius 1 is 1.53 bits per heavy atom. The molecule has 15 heavy (non-hydrogen) atoms. The molecule has 0 saturated carbocycles. The summed E-state index contributed by atoms with van der Waals surface area (Å²) in [5.74, 6) is 1.23. The number of rotatable bonds is 2. The van der Waals surface area contributed by atoms with E-state index in [1.807, 2.05) is 13.8 Å². The topological polar surface area (TPSA) is 77.0 Å². The molecule has 0 aromatic carbocycles. The predicted octanol–water partition coefficient (Wildman–Crippen LogP) is 1.11. The van der Waals surface area contributed by atoms with Gasteiger partial charge in [0.1, 0.15) is 0 Å². The van der Waals surface area contributed by atoms with E-state index < -0.39 is 5.54 Å². The zero-order valence-corrected chi connectivity index (χ0v) is 9.80. The smallest absolute Gasteiger partial charge is 0.246 e. The van der Waals surface area contributed by atoms with E-state index in [1.54, 1.807) is 0 Å². The van der Waals surface area contributed by atoms with Crippen LogP contribution in [0.3, 0.4) is 0 Å². The maximum Gasteiger partial charge on any atom is 0.246 e. The molecule has 0 aliphatic carbocycles. The summed E-state index contributed by atoms with van der Waals surface area (Å²) in [4.78, 5) is 4.30. The fourth-order valence-electron chi connectivity index (χ4n) is 1.54. The molecule has 1 aromatic rings. The number of aromatic nitrogens is 2. The molecule has 1 aromatic heterocycles. The minimum Gasteiger partial charge on any atom is -0.337 e. The molecule has 6 heteroatoms. The van der Waals surface area contributed by atoms with Crippen LogP contribution in [0.15, 0.2) is 4.52 Å². The number of nitrogens with one attached hydrogen (secondary N) is 1. The van der Waals surface area contributed by atoms with Gasteiger partial charge in [-0.15, -0.1) is 12.4 Å². The Bertz CT molecular complexity index is 314. The summed E-state index contributed by atoms with van der Waals surface area (Å²) in [5, 5.41) is 7.25. The molecule has 2 rings (SSSR count). The standard InChI is InChI=1S/C9H16N4O.ClH/c1-9(2,10)8-12-7(13-14-8)6-4-3-5-11-6;/h6,11H,3-5,10H2,1-2H3;1H. The van der Waals surface area contributed by atoms with Crippen LogP contribution >= 0.6 is 12.4 Å². The third kappa shape index (κ3) is 2.68. The summed E-state index contributed by atoms with van der Waals surface area (Å²) in [6.45, 7) is 4.74. The molecule has 0 spiro atoms. The van der Waals surface area contributed by atoms with E-state index in [2.05, 4.69) is 15.5 Å². The molecular formula is C9H17ClN4O. The van der Waals surface area contributed by atoms with Gasteiger partial charge in [-0.3, -0.25) is 0 Å². The summed E-state index contributed by atoms with van der Waals surface area (Å²) in [5.41, 5.74) is 5.30. The fourth-order valence-corrected chi connectivity index (χ4v) is 1.54. The first-order valence-corrected chi connectivity index (χ1v) is 4.94. The van der Waals surface area contributed by atoms with Crippen molar-refractivity contribution in [2.75, 3.05) is 6.54 Å².